The van der Waals surface area contributed by atoms with Gasteiger partial charge in [0.2, 0.25) is 0 Å². The first-order chi connectivity index (χ1) is 18.5. The van der Waals surface area contributed by atoms with Crippen LogP contribution in [0.15, 0.2) is 60.8 Å². The summed E-state index contributed by atoms with van der Waals surface area (Å²) in [6, 6.07) is 14.0. The Hall–Kier alpha value is -3.91. The molecule has 5 nitrogen and oxygen atoms in total. The molecule has 3 heterocycles. The van der Waals surface area contributed by atoms with Gasteiger partial charge in [0.25, 0.3) is 5.91 Å². The van der Waals surface area contributed by atoms with E-state index in [1.54, 1.807) is 12.1 Å². The molecule has 0 unspecified atom stereocenters. The van der Waals surface area contributed by atoms with E-state index in [9.17, 15) is 18.0 Å². The molecule has 1 amide bonds. The highest BCUT2D eigenvalue weighted by atomic mass is 19.2. The lowest BCUT2D eigenvalue weighted by Crippen LogP contribution is -2.33. The largest absolute Gasteiger partial charge is 0.493 e. The molecule has 1 saturated heterocycles. The van der Waals surface area contributed by atoms with Gasteiger partial charge in [0.15, 0.2) is 11.6 Å². The molecular weight excluding hydrogens is 493 g/mol. The molecule has 38 heavy (non-hydrogen) atoms. The van der Waals surface area contributed by atoms with Crippen molar-refractivity contribution in [1.29, 1.82) is 0 Å². The summed E-state index contributed by atoms with van der Waals surface area (Å²) in [5.74, 6) is -2.81. The van der Waals surface area contributed by atoms with Crippen LogP contribution in [0.4, 0.5) is 13.2 Å². The summed E-state index contributed by atoms with van der Waals surface area (Å²) in [4.78, 5) is 18.3. The van der Waals surface area contributed by atoms with E-state index in [4.69, 9.17) is 9.47 Å². The number of carbonyl (C=O) groups excluding carboxylic acids is 1. The van der Waals surface area contributed by atoms with Gasteiger partial charge in [-0.25, -0.2) is 13.2 Å². The highest BCUT2D eigenvalue weighted by Gasteiger charge is 2.29. The van der Waals surface area contributed by atoms with Gasteiger partial charge in [0, 0.05) is 54.0 Å². The minimum atomic E-state index is -1.27. The smallest absolute Gasteiger partial charge is 0.253 e. The molecule has 1 atom stereocenters. The van der Waals surface area contributed by atoms with Crippen LogP contribution in [0.25, 0.3) is 22.0 Å². The number of rotatable bonds is 4. The van der Waals surface area contributed by atoms with Crippen LogP contribution in [-0.2, 0) is 4.74 Å². The van der Waals surface area contributed by atoms with Crippen molar-refractivity contribution >= 4 is 16.8 Å². The van der Waals surface area contributed by atoms with Crippen LogP contribution in [-0.4, -0.2) is 30.7 Å². The van der Waals surface area contributed by atoms with Gasteiger partial charge in [-0.1, -0.05) is 36.4 Å². The fourth-order valence-corrected chi connectivity index (χ4v) is 5.55. The number of amides is 1. The summed E-state index contributed by atoms with van der Waals surface area (Å²) in [7, 11) is 0. The zero-order valence-corrected chi connectivity index (χ0v) is 20.5. The van der Waals surface area contributed by atoms with E-state index in [-0.39, 0.29) is 29.0 Å². The number of aromatic nitrogens is 1. The zero-order valence-electron chi connectivity index (χ0n) is 20.5. The van der Waals surface area contributed by atoms with Crippen molar-refractivity contribution in [2.45, 2.75) is 31.2 Å². The number of nitrogens with one attached hydrogen (secondary N) is 1. The van der Waals surface area contributed by atoms with Gasteiger partial charge >= 0.3 is 0 Å². The fourth-order valence-electron chi connectivity index (χ4n) is 5.55. The first kappa shape index (κ1) is 24.4. The third-order valence-electron chi connectivity index (χ3n) is 7.36. The van der Waals surface area contributed by atoms with E-state index >= 15 is 0 Å². The van der Waals surface area contributed by atoms with Crippen LogP contribution < -0.4 is 10.1 Å². The standard InChI is InChI=1S/C30H25F3N2O3/c31-18-14-22(28(33)24(32)15-18)19-5-3-6-21-27(17-8-11-37-12-9-17)23(16-34-29(19)21)30(36)35-25-10-13-38-26-7-2-1-4-20(25)26/h1-7,14-17,25H,8-13H2,(H,35,36)/t25-/m0/s1. The molecule has 4 aromatic rings. The van der Waals surface area contributed by atoms with Crippen molar-refractivity contribution < 1.29 is 27.4 Å². The number of para-hydroxylation sites is 2. The van der Waals surface area contributed by atoms with Crippen molar-refractivity contribution in [3.8, 4) is 16.9 Å². The van der Waals surface area contributed by atoms with E-state index in [1.807, 2.05) is 30.3 Å². The Balaban J connectivity index is 1.47. The summed E-state index contributed by atoms with van der Waals surface area (Å²) in [6.07, 6.45) is 3.52. The molecule has 0 aliphatic carbocycles. The number of ether oxygens (including phenoxy) is 2. The maximum atomic E-state index is 14.8. The Kier molecular flexibility index (Phi) is 6.49. The van der Waals surface area contributed by atoms with E-state index in [1.165, 1.54) is 6.20 Å². The van der Waals surface area contributed by atoms with Crippen LogP contribution in [0, 0.1) is 17.5 Å². The average molecular weight is 519 g/mol. The molecule has 3 aromatic carbocycles. The molecule has 1 aromatic heterocycles. The second kappa shape index (κ2) is 10.1. The van der Waals surface area contributed by atoms with Crippen molar-refractivity contribution in [3.63, 3.8) is 0 Å². The summed E-state index contributed by atoms with van der Waals surface area (Å²) < 4.78 is 54.2. The number of hydrogen-bond acceptors (Lipinski definition) is 4. The lowest BCUT2D eigenvalue weighted by atomic mass is 9.85. The van der Waals surface area contributed by atoms with Crippen molar-refractivity contribution in [2.75, 3.05) is 19.8 Å². The number of carbonyl (C=O) groups is 1. The number of benzene rings is 3. The first-order valence-corrected chi connectivity index (χ1v) is 12.7. The summed E-state index contributed by atoms with van der Waals surface area (Å²) in [6.45, 7) is 1.59. The Bertz CT molecular complexity index is 1540. The SMILES string of the molecule is O=C(N[C@H]1CCOc2ccccc21)c1cnc2c(-c3cc(F)cc(F)c3F)cccc2c1C1CCOCC1. The van der Waals surface area contributed by atoms with Crippen molar-refractivity contribution in [3.05, 3.63) is 94.9 Å². The molecule has 0 saturated carbocycles. The van der Waals surface area contributed by atoms with Crippen LogP contribution >= 0.6 is 0 Å². The highest BCUT2D eigenvalue weighted by molar-refractivity contribution is 6.04. The molecule has 1 fully saturated rings. The lowest BCUT2D eigenvalue weighted by Gasteiger charge is -2.29. The Labute approximate surface area is 217 Å². The minimum Gasteiger partial charge on any atom is -0.493 e. The van der Waals surface area contributed by atoms with Gasteiger partial charge in [-0.3, -0.25) is 9.78 Å². The molecule has 1 N–H and O–H groups in total. The molecule has 8 heteroatoms. The number of pyridine rings is 1. The Morgan fingerprint density at radius 1 is 0.921 bits per heavy atom. The van der Waals surface area contributed by atoms with Crippen molar-refractivity contribution in [2.24, 2.45) is 0 Å². The van der Waals surface area contributed by atoms with Crippen LogP contribution in [0.1, 0.15) is 52.7 Å². The number of hydrogen-bond donors (Lipinski definition) is 1. The molecule has 6 rings (SSSR count). The van der Waals surface area contributed by atoms with Gasteiger partial charge in [0.1, 0.15) is 11.6 Å². The monoisotopic (exact) mass is 518 g/mol. The molecule has 194 valence electrons. The topological polar surface area (TPSA) is 60.5 Å². The summed E-state index contributed by atoms with van der Waals surface area (Å²) >= 11 is 0. The second-order valence-electron chi connectivity index (χ2n) is 9.62. The molecule has 2 aliphatic heterocycles. The predicted octanol–water partition coefficient (Wildman–Crippen LogP) is 6.47. The molecule has 0 bridgehead atoms. The maximum absolute atomic E-state index is 14.8. The lowest BCUT2D eigenvalue weighted by molar-refractivity contribution is 0.0840. The normalized spacial score (nSPS) is 17.6. The van der Waals surface area contributed by atoms with Gasteiger partial charge < -0.3 is 14.8 Å². The third-order valence-corrected chi connectivity index (χ3v) is 7.36. The predicted molar refractivity (Wildman–Crippen MR) is 137 cm³/mol. The first-order valence-electron chi connectivity index (χ1n) is 12.7. The minimum absolute atomic E-state index is 0.00122. The van der Waals surface area contributed by atoms with Gasteiger partial charge in [-0.15, -0.1) is 0 Å². The van der Waals surface area contributed by atoms with Gasteiger partial charge in [-0.05, 0) is 36.5 Å². The maximum Gasteiger partial charge on any atom is 0.253 e. The number of fused-ring (bicyclic) bond motifs is 2. The highest BCUT2D eigenvalue weighted by Crippen LogP contribution is 2.39. The second-order valence-corrected chi connectivity index (χ2v) is 9.62. The fraction of sp³-hybridized carbons (Fsp3) is 0.267. The van der Waals surface area contributed by atoms with Gasteiger partial charge in [-0.2, -0.15) is 0 Å². The zero-order chi connectivity index (χ0) is 26.2. The van der Waals surface area contributed by atoms with Crippen LogP contribution in [0.5, 0.6) is 5.75 Å². The third kappa shape index (κ3) is 4.39. The van der Waals surface area contributed by atoms with Crippen molar-refractivity contribution in [1.82, 2.24) is 10.3 Å². The molecule has 0 spiro atoms. The number of nitrogens with zero attached hydrogens (tertiary/aromatic N) is 1. The van der Waals surface area contributed by atoms with E-state index in [0.717, 1.165) is 22.9 Å². The quantitative estimate of drug-likeness (QED) is 0.315. The Morgan fingerprint density at radius 3 is 2.58 bits per heavy atom. The van der Waals surface area contributed by atoms with E-state index < -0.39 is 17.5 Å². The average Bonchev–Trinajstić information content (AvgIpc) is 2.94. The van der Waals surface area contributed by atoms with Crippen LogP contribution in [0.3, 0.4) is 0 Å². The van der Waals surface area contributed by atoms with E-state index in [2.05, 4.69) is 10.3 Å². The molecule has 0 radical (unpaired) electrons. The Morgan fingerprint density at radius 2 is 1.74 bits per heavy atom. The van der Waals surface area contributed by atoms with Crippen LogP contribution in [0.2, 0.25) is 0 Å². The van der Waals surface area contributed by atoms with E-state index in [0.29, 0.717) is 61.6 Å². The molecule has 2 aliphatic rings. The summed E-state index contributed by atoms with van der Waals surface area (Å²) in [5.41, 5.74) is 2.56. The van der Waals surface area contributed by atoms with Gasteiger partial charge in [0.05, 0.1) is 23.7 Å². The number of halogens is 3. The summed E-state index contributed by atoms with van der Waals surface area (Å²) in [5, 5.41) is 3.81. The molecular formula is C30H25F3N2O3.